The molecule has 0 N–H and O–H groups in total. The van der Waals surface area contributed by atoms with Gasteiger partial charge in [0.05, 0.1) is 32.7 Å². The lowest BCUT2D eigenvalue weighted by molar-refractivity contribution is -0.191. The summed E-state index contributed by atoms with van der Waals surface area (Å²) in [7, 11) is 0. The highest BCUT2D eigenvalue weighted by Crippen LogP contribution is 2.27. The van der Waals surface area contributed by atoms with Crippen molar-refractivity contribution in [3.8, 4) is 0 Å². The van der Waals surface area contributed by atoms with Crippen molar-refractivity contribution >= 4 is 23.9 Å². The largest absolute Gasteiger partial charge is 0.466 e. The summed E-state index contributed by atoms with van der Waals surface area (Å²) in [5.74, 6) is -2.84. The maximum atomic E-state index is 13.9. The fourth-order valence-corrected chi connectivity index (χ4v) is 6.76. The quantitative estimate of drug-likeness (QED) is 0.0344. The topological polar surface area (TPSA) is 105 Å². The first-order valence-corrected chi connectivity index (χ1v) is 23.0. The molecule has 0 saturated carbocycles. The molecule has 0 spiro atoms. The van der Waals surface area contributed by atoms with Gasteiger partial charge in [0.15, 0.2) is 0 Å². The molecule has 0 aliphatic heterocycles. The fraction of sp³-hybridized carbons (Fsp3) is 0.913. The second kappa shape index (κ2) is 39.1. The molecule has 0 saturated heterocycles. The number of hydrogen-bond donors (Lipinski definition) is 0. The summed E-state index contributed by atoms with van der Waals surface area (Å²) < 4.78 is 22.7. The minimum atomic E-state index is -2.12. The van der Waals surface area contributed by atoms with Gasteiger partial charge in [-0.3, -0.25) is 14.4 Å². The molecule has 0 bridgehead atoms. The van der Waals surface area contributed by atoms with Crippen LogP contribution in [0.5, 0.6) is 0 Å². The van der Waals surface area contributed by atoms with E-state index in [9.17, 15) is 19.2 Å². The Labute approximate surface area is 332 Å². The lowest BCUT2D eigenvalue weighted by Crippen LogP contribution is -2.48. The Balaban J connectivity index is 5.55. The van der Waals surface area contributed by atoms with Crippen LogP contribution in [0, 0.1) is 0 Å². The van der Waals surface area contributed by atoms with E-state index in [0.717, 1.165) is 77.0 Å². The molecule has 0 aliphatic carbocycles. The van der Waals surface area contributed by atoms with E-state index < -0.39 is 42.3 Å². The van der Waals surface area contributed by atoms with Gasteiger partial charge < -0.3 is 18.9 Å². The summed E-state index contributed by atoms with van der Waals surface area (Å²) in [5, 5.41) is 0. The summed E-state index contributed by atoms with van der Waals surface area (Å²) in [6.07, 6.45) is 32.5. The molecule has 8 nitrogen and oxygen atoms in total. The van der Waals surface area contributed by atoms with Crippen LogP contribution < -0.4 is 0 Å². The number of unbranched alkanes of at least 4 members (excludes halogenated alkanes) is 27. The summed E-state index contributed by atoms with van der Waals surface area (Å²) in [6.45, 7) is 9.36. The van der Waals surface area contributed by atoms with E-state index in [4.69, 9.17) is 18.9 Å². The molecule has 1 atom stereocenters. The first-order chi connectivity index (χ1) is 26.3. The smallest absolute Gasteiger partial charge is 0.351 e. The van der Waals surface area contributed by atoms with Crippen molar-refractivity contribution in [1.29, 1.82) is 0 Å². The predicted molar refractivity (Wildman–Crippen MR) is 221 cm³/mol. The van der Waals surface area contributed by atoms with E-state index in [1.54, 1.807) is 0 Å². The van der Waals surface area contributed by atoms with Gasteiger partial charge in [-0.05, 0) is 25.7 Å². The maximum absolute atomic E-state index is 13.9. The molecule has 0 aromatic heterocycles. The summed E-state index contributed by atoms with van der Waals surface area (Å²) in [5.41, 5.74) is -2.12. The van der Waals surface area contributed by atoms with Gasteiger partial charge in [-0.15, -0.1) is 0 Å². The van der Waals surface area contributed by atoms with E-state index in [0.29, 0.717) is 25.7 Å². The first kappa shape index (κ1) is 51.9. The molecule has 0 aromatic carbocycles. The number of carbonyl (C=O) groups excluding carboxylic acids is 4. The molecule has 1 unspecified atom stereocenters. The zero-order chi connectivity index (χ0) is 39.8. The number of rotatable bonds is 41. The molecular formula is C46H86O8. The molecule has 0 aliphatic rings. The minimum Gasteiger partial charge on any atom is -0.466 e. The molecule has 0 heterocycles. The van der Waals surface area contributed by atoms with Crippen LogP contribution in [-0.4, -0.2) is 49.3 Å². The van der Waals surface area contributed by atoms with Gasteiger partial charge in [0, 0.05) is 6.42 Å². The molecule has 0 amide bonds. The third-order valence-electron chi connectivity index (χ3n) is 10.3. The molecule has 318 valence electrons. The number of carbonyl (C=O) groups is 4. The van der Waals surface area contributed by atoms with E-state index >= 15 is 0 Å². The van der Waals surface area contributed by atoms with Gasteiger partial charge in [0.2, 0.25) is 5.60 Å². The Kier molecular flexibility index (Phi) is 37.6. The summed E-state index contributed by atoms with van der Waals surface area (Å²) in [4.78, 5) is 53.8. The zero-order valence-corrected chi connectivity index (χ0v) is 35.9. The van der Waals surface area contributed by atoms with Gasteiger partial charge in [-0.1, -0.05) is 201 Å². The van der Waals surface area contributed by atoms with E-state index in [-0.39, 0.29) is 26.2 Å². The molecule has 0 aromatic rings. The van der Waals surface area contributed by atoms with Crippen molar-refractivity contribution < 1.29 is 38.1 Å². The SMILES string of the molecule is CCCCCCCCCCOC(=O)CC(CC(=O)OCCCCCCCCC)(OC(=O)CCCCCCCCCC)C(=O)OCCCCCCCCCC. The lowest BCUT2D eigenvalue weighted by Gasteiger charge is -2.30. The van der Waals surface area contributed by atoms with Crippen molar-refractivity contribution in [2.45, 2.75) is 252 Å². The molecular weight excluding hydrogens is 680 g/mol. The first-order valence-electron chi connectivity index (χ1n) is 23.0. The maximum Gasteiger partial charge on any atom is 0.351 e. The predicted octanol–water partition coefficient (Wildman–Crippen LogP) is 13.2. The van der Waals surface area contributed by atoms with Gasteiger partial charge in [0.25, 0.3) is 0 Å². The standard InChI is InChI=1S/C46H86O8/c1-5-9-13-17-21-24-28-32-36-42(47)54-46(40-43(48)51-37-33-29-25-20-16-12-8-4,45(50)53-39-35-31-27-23-19-15-11-7-3)41-44(49)52-38-34-30-26-22-18-14-10-6-2/h5-41H2,1-4H3. The molecule has 8 heteroatoms. The average molecular weight is 767 g/mol. The Morgan fingerprint density at radius 1 is 0.333 bits per heavy atom. The van der Waals surface area contributed by atoms with Crippen LogP contribution in [0.2, 0.25) is 0 Å². The summed E-state index contributed by atoms with van der Waals surface area (Å²) in [6, 6.07) is 0. The molecule has 0 radical (unpaired) electrons. The van der Waals surface area contributed by atoms with Crippen molar-refractivity contribution in [2.75, 3.05) is 19.8 Å². The minimum absolute atomic E-state index is 0.0996. The van der Waals surface area contributed by atoms with Crippen LogP contribution in [0.15, 0.2) is 0 Å². The Morgan fingerprint density at radius 3 is 0.944 bits per heavy atom. The van der Waals surface area contributed by atoms with E-state index in [1.165, 1.54) is 96.3 Å². The van der Waals surface area contributed by atoms with Crippen molar-refractivity contribution in [2.24, 2.45) is 0 Å². The average Bonchev–Trinajstić information content (AvgIpc) is 3.15. The van der Waals surface area contributed by atoms with Gasteiger partial charge >= 0.3 is 23.9 Å². The highest BCUT2D eigenvalue weighted by Gasteiger charge is 2.49. The number of hydrogen-bond acceptors (Lipinski definition) is 8. The molecule has 0 rings (SSSR count). The second-order valence-electron chi connectivity index (χ2n) is 15.7. The Hall–Kier alpha value is -2.12. The van der Waals surface area contributed by atoms with E-state index in [1.807, 2.05) is 0 Å². The third-order valence-corrected chi connectivity index (χ3v) is 10.3. The molecule has 0 fully saturated rings. The third kappa shape index (κ3) is 32.2. The zero-order valence-electron chi connectivity index (χ0n) is 35.9. The lowest BCUT2D eigenvalue weighted by atomic mass is 9.94. The van der Waals surface area contributed by atoms with Crippen LogP contribution in [-0.2, 0) is 38.1 Å². The summed E-state index contributed by atoms with van der Waals surface area (Å²) >= 11 is 0. The van der Waals surface area contributed by atoms with Gasteiger partial charge in [-0.25, -0.2) is 4.79 Å². The Bertz CT molecular complexity index is 854. The highest BCUT2D eigenvalue weighted by molar-refractivity contribution is 5.92. The second-order valence-corrected chi connectivity index (χ2v) is 15.7. The van der Waals surface area contributed by atoms with E-state index in [2.05, 4.69) is 27.7 Å². The van der Waals surface area contributed by atoms with Crippen LogP contribution in [0.1, 0.15) is 246 Å². The molecule has 54 heavy (non-hydrogen) atoms. The van der Waals surface area contributed by atoms with Gasteiger partial charge in [-0.2, -0.15) is 0 Å². The van der Waals surface area contributed by atoms with Crippen molar-refractivity contribution in [3.05, 3.63) is 0 Å². The number of ether oxygens (including phenoxy) is 4. The number of esters is 4. The monoisotopic (exact) mass is 767 g/mol. The van der Waals surface area contributed by atoms with Gasteiger partial charge in [0.1, 0.15) is 0 Å². The van der Waals surface area contributed by atoms with Crippen LogP contribution >= 0.6 is 0 Å². The van der Waals surface area contributed by atoms with Crippen molar-refractivity contribution in [1.82, 2.24) is 0 Å². The van der Waals surface area contributed by atoms with Crippen LogP contribution in [0.25, 0.3) is 0 Å². The normalized spacial score (nSPS) is 12.3. The highest BCUT2D eigenvalue weighted by atomic mass is 16.6. The van der Waals surface area contributed by atoms with Crippen LogP contribution in [0.4, 0.5) is 0 Å². The fourth-order valence-electron chi connectivity index (χ4n) is 6.76. The van der Waals surface area contributed by atoms with Crippen molar-refractivity contribution in [3.63, 3.8) is 0 Å². The Morgan fingerprint density at radius 2 is 0.611 bits per heavy atom. The van der Waals surface area contributed by atoms with Crippen LogP contribution in [0.3, 0.4) is 0 Å².